The molecule has 0 aliphatic rings. The van der Waals surface area contributed by atoms with E-state index in [4.69, 9.17) is 37.0 Å². The van der Waals surface area contributed by atoms with Gasteiger partial charge in [-0.1, -0.05) is 309 Å². The van der Waals surface area contributed by atoms with Crippen molar-refractivity contribution in [2.75, 3.05) is 39.6 Å². The van der Waals surface area contributed by atoms with Crippen molar-refractivity contribution in [3.05, 3.63) is 24.3 Å². The van der Waals surface area contributed by atoms with E-state index in [-0.39, 0.29) is 25.7 Å². The van der Waals surface area contributed by atoms with Crippen molar-refractivity contribution in [3.63, 3.8) is 0 Å². The fourth-order valence-corrected chi connectivity index (χ4v) is 12.9. The zero-order valence-electron chi connectivity index (χ0n) is 61.8. The van der Waals surface area contributed by atoms with Crippen molar-refractivity contribution in [1.82, 2.24) is 0 Å². The van der Waals surface area contributed by atoms with Crippen LogP contribution >= 0.6 is 15.6 Å². The van der Waals surface area contributed by atoms with Crippen LogP contribution in [-0.2, 0) is 65.4 Å². The van der Waals surface area contributed by atoms with E-state index in [1.807, 2.05) is 0 Å². The zero-order valence-corrected chi connectivity index (χ0v) is 63.6. The first-order valence-electron chi connectivity index (χ1n) is 39.6. The maximum atomic E-state index is 13.1. The van der Waals surface area contributed by atoms with E-state index in [1.54, 1.807) is 0 Å². The number of rotatable bonds is 76. The first kappa shape index (κ1) is 93.5. The molecule has 0 saturated heterocycles. The largest absolute Gasteiger partial charge is 0.472 e. The summed E-state index contributed by atoms with van der Waals surface area (Å²) in [6, 6.07) is 0. The van der Waals surface area contributed by atoms with E-state index in [0.29, 0.717) is 25.7 Å². The van der Waals surface area contributed by atoms with Crippen LogP contribution < -0.4 is 0 Å². The number of phosphoric ester groups is 2. The second-order valence-corrected chi connectivity index (χ2v) is 29.9. The van der Waals surface area contributed by atoms with Crippen molar-refractivity contribution in [1.29, 1.82) is 0 Å². The number of hydrogen-bond donors (Lipinski definition) is 3. The van der Waals surface area contributed by atoms with Crippen LogP contribution in [-0.4, -0.2) is 96.7 Å². The molecular formula is C77H146O17P2. The number of aliphatic hydroxyl groups excluding tert-OH is 1. The smallest absolute Gasteiger partial charge is 0.462 e. The van der Waals surface area contributed by atoms with Crippen LogP contribution in [0, 0.1) is 0 Å². The molecule has 0 spiro atoms. The number of hydrogen-bond acceptors (Lipinski definition) is 15. The summed E-state index contributed by atoms with van der Waals surface area (Å²) in [6.07, 6.45) is 64.4. The monoisotopic (exact) mass is 1410 g/mol. The topological polar surface area (TPSA) is 237 Å². The van der Waals surface area contributed by atoms with Crippen LogP contribution in [0.15, 0.2) is 24.3 Å². The lowest BCUT2D eigenvalue weighted by atomic mass is 10.0. The highest BCUT2D eigenvalue weighted by molar-refractivity contribution is 7.47. The number of allylic oxidation sites excluding steroid dienone is 4. The highest BCUT2D eigenvalue weighted by Crippen LogP contribution is 2.45. The van der Waals surface area contributed by atoms with Crippen LogP contribution in [0.2, 0.25) is 0 Å². The summed E-state index contributed by atoms with van der Waals surface area (Å²) in [5, 5.41) is 10.6. The molecule has 96 heavy (non-hydrogen) atoms. The molecule has 0 heterocycles. The molecule has 0 amide bonds. The molecule has 0 aromatic rings. The highest BCUT2D eigenvalue weighted by atomic mass is 31.2. The van der Waals surface area contributed by atoms with Crippen LogP contribution in [0.5, 0.6) is 0 Å². The second kappa shape index (κ2) is 71.0. The van der Waals surface area contributed by atoms with Crippen molar-refractivity contribution in [2.24, 2.45) is 0 Å². The van der Waals surface area contributed by atoms with Gasteiger partial charge in [0, 0.05) is 25.7 Å². The van der Waals surface area contributed by atoms with Crippen LogP contribution in [0.3, 0.4) is 0 Å². The van der Waals surface area contributed by atoms with E-state index < -0.39 is 97.5 Å². The molecule has 0 bridgehead atoms. The molecule has 0 rings (SSSR count). The van der Waals surface area contributed by atoms with Gasteiger partial charge in [0.15, 0.2) is 12.2 Å². The molecule has 3 N–H and O–H groups in total. The lowest BCUT2D eigenvalue weighted by Gasteiger charge is -2.21. The standard InChI is InChI=1S/C77H146O17P2/c1-5-9-13-17-21-25-29-33-35-39-42-46-50-54-58-62-75(80)88-68-72(93-76(81)63-59-55-51-47-43-38-32-28-24-20-16-12-8-4)69-91-95(83,84)89-65-71(78)66-90-96(85,86)92-70-73(67-87-74(79)61-57-53-49-45-41-37-31-27-23-19-15-11-7-3)94-77(82)64-60-56-52-48-44-40-36-34-30-26-22-18-14-10-6-2/h33-36,71-73,78H,5-32,37-70H2,1-4H3,(H,83,84)(H,85,86)/b35-33-,36-34-/t71-,72+,73+/m0/s1. The van der Waals surface area contributed by atoms with Crippen molar-refractivity contribution in [3.8, 4) is 0 Å². The number of ether oxygens (including phenoxy) is 4. The van der Waals surface area contributed by atoms with E-state index in [9.17, 15) is 43.2 Å². The molecule has 0 aliphatic carbocycles. The summed E-state index contributed by atoms with van der Waals surface area (Å²) < 4.78 is 68.5. The minimum Gasteiger partial charge on any atom is -0.462 e. The lowest BCUT2D eigenvalue weighted by molar-refractivity contribution is -0.161. The van der Waals surface area contributed by atoms with Gasteiger partial charge < -0.3 is 33.8 Å². The SMILES string of the molecule is CCCCCCCC/C=C\CCCCCCCC(=O)OC[C@H](COP(=O)(O)OC[C@H](O)COP(=O)(O)OC[C@@H](COC(=O)CCCCCCCCCCCCCCC)OC(=O)CCCCCCC/C=C\CCCCCCCC)OC(=O)CCCCCCCCCCCCCCC. The Hall–Kier alpha value is -2.46. The van der Waals surface area contributed by atoms with Gasteiger partial charge in [-0.15, -0.1) is 0 Å². The van der Waals surface area contributed by atoms with Gasteiger partial charge in [0.25, 0.3) is 0 Å². The Balaban J connectivity index is 5.30. The first-order chi connectivity index (χ1) is 46.7. The molecule has 566 valence electrons. The van der Waals surface area contributed by atoms with E-state index in [1.165, 1.54) is 186 Å². The van der Waals surface area contributed by atoms with Crippen molar-refractivity contribution < 1.29 is 80.2 Å². The number of phosphoric acid groups is 2. The molecule has 0 radical (unpaired) electrons. The summed E-state index contributed by atoms with van der Waals surface area (Å²) in [6.45, 7) is 4.94. The number of carbonyl (C=O) groups excluding carboxylic acids is 4. The van der Waals surface area contributed by atoms with Gasteiger partial charge >= 0.3 is 39.5 Å². The van der Waals surface area contributed by atoms with Crippen molar-refractivity contribution >= 4 is 39.5 Å². The summed E-state index contributed by atoms with van der Waals surface area (Å²) in [5.74, 6) is -2.14. The maximum absolute atomic E-state index is 13.1. The molecule has 0 aromatic carbocycles. The number of unbranched alkanes of at least 4 members (excludes halogenated alkanes) is 46. The molecule has 17 nitrogen and oxygen atoms in total. The lowest BCUT2D eigenvalue weighted by Crippen LogP contribution is -2.30. The normalized spacial score (nSPS) is 14.0. The predicted octanol–water partition coefficient (Wildman–Crippen LogP) is 22.6. The minimum atomic E-state index is -4.96. The fraction of sp³-hybridized carbons (Fsp3) is 0.896. The molecule has 2 unspecified atom stereocenters. The van der Waals surface area contributed by atoms with Gasteiger partial charge in [-0.2, -0.15) is 0 Å². The molecule has 0 saturated carbocycles. The van der Waals surface area contributed by atoms with Crippen LogP contribution in [0.4, 0.5) is 0 Å². The quantitative estimate of drug-likeness (QED) is 0.0169. The Morgan fingerprint density at radius 3 is 0.719 bits per heavy atom. The van der Waals surface area contributed by atoms with Crippen LogP contribution in [0.1, 0.15) is 387 Å². The van der Waals surface area contributed by atoms with Crippen molar-refractivity contribution in [2.45, 2.75) is 406 Å². The highest BCUT2D eigenvalue weighted by Gasteiger charge is 2.30. The van der Waals surface area contributed by atoms with Gasteiger partial charge in [-0.05, 0) is 77.0 Å². The number of carbonyl (C=O) groups is 4. The summed E-state index contributed by atoms with van der Waals surface area (Å²) >= 11 is 0. The van der Waals surface area contributed by atoms with Gasteiger partial charge in [-0.3, -0.25) is 37.3 Å². The Morgan fingerprint density at radius 2 is 0.479 bits per heavy atom. The Kier molecular flexibility index (Phi) is 69.1. The molecule has 5 atom stereocenters. The second-order valence-electron chi connectivity index (χ2n) is 27.0. The first-order valence-corrected chi connectivity index (χ1v) is 42.6. The third-order valence-electron chi connectivity index (χ3n) is 17.4. The van der Waals surface area contributed by atoms with E-state index in [0.717, 1.165) is 122 Å². The summed E-state index contributed by atoms with van der Waals surface area (Å²) in [7, 11) is -9.92. The summed E-state index contributed by atoms with van der Waals surface area (Å²) in [5.41, 5.74) is 0. The average molecular weight is 1410 g/mol. The zero-order chi connectivity index (χ0) is 70.4. The third kappa shape index (κ3) is 70.0. The van der Waals surface area contributed by atoms with Gasteiger partial charge in [0.2, 0.25) is 0 Å². The minimum absolute atomic E-state index is 0.0938. The Morgan fingerprint density at radius 1 is 0.281 bits per heavy atom. The Bertz CT molecular complexity index is 1920. The van der Waals surface area contributed by atoms with Crippen LogP contribution in [0.25, 0.3) is 0 Å². The maximum Gasteiger partial charge on any atom is 0.472 e. The molecule has 0 aliphatic heterocycles. The van der Waals surface area contributed by atoms with E-state index >= 15 is 0 Å². The fourth-order valence-electron chi connectivity index (χ4n) is 11.3. The molecule has 19 heteroatoms. The number of esters is 4. The number of aliphatic hydroxyl groups is 1. The molecule has 0 fully saturated rings. The van der Waals surface area contributed by atoms with Gasteiger partial charge in [0.1, 0.15) is 19.3 Å². The molecular weight excluding hydrogens is 1260 g/mol. The summed E-state index contributed by atoms with van der Waals surface area (Å²) in [4.78, 5) is 72.9. The Labute approximate surface area is 586 Å². The third-order valence-corrected chi connectivity index (χ3v) is 19.3. The molecule has 0 aromatic heterocycles. The van der Waals surface area contributed by atoms with E-state index in [2.05, 4.69) is 52.0 Å². The average Bonchev–Trinajstić information content (AvgIpc) is 1.17. The predicted molar refractivity (Wildman–Crippen MR) is 391 cm³/mol. The van der Waals surface area contributed by atoms with Gasteiger partial charge in [0.05, 0.1) is 26.4 Å². The van der Waals surface area contributed by atoms with Gasteiger partial charge in [-0.25, -0.2) is 9.13 Å².